The molecular weight excluding hydrogens is 374 g/mol. The van der Waals surface area contributed by atoms with Crippen LogP contribution in [-0.4, -0.2) is 39.9 Å². The van der Waals surface area contributed by atoms with Crippen LogP contribution in [0.1, 0.15) is 18.2 Å². The largest absolute Gasteiger partial charge is 0.495 e. The lowest BCUT2D eigenvalue weighted by Gasteiger charge is -2.18. The van der Waals surface area contributed by atoms with Gasteiger partial charge in [0.05, 0.1) is 19.1 Å². The van der Waals surface area contributed by atoms with Gasteiger partial charge in [-0.15, -0.1) is 0 Å². The maximum Gasteiger partial charge on any atom is 0.275 e. The summed E-state index contributed by atoms with van der Waals surface area (Å²) in [6.07, 6.45) is 1.89. The molecule has 1 saturated heterocycles. The van der Waals surface area contributed by atoms with E-state index < -0.39 is 0 Å². The molecular formula is C20H17N5O4. The predicted molar refractivity (Wildman–Crippen MR) is 102 cm³/mol. The summed E-state index contributed by atoms with van der Waals surface area (Å²) >= 11 is 0. The van der Waals surface area contributed by atoms with Crippen molar-refractivity contribution in [3.8, 4) is 28.8 Å². The Morgan fingerprint density at radius 1 is 1.24 bits per heavy atom. The van der Waals surface area contributed by atoms with Crippen molar-refractivity contribution in [1.29, 1.82) is 0 Å². The first-order chi connectivity index (χ1) is 14.2. The lowest BCUT2D eigenvalue weighted by Crippen LogP contribution is -2.24. The Balaban J connectivity index is 1.37. The number of aromatic nitrogens is 4. The van der Waals surface area contributed by atoms with Gasteiger partial charge in [-0.1, -0.05) is 17.3 Å². The van der Waals surface area contributed by atoms with Gasteiger partial charge in [-0.3, -0.25) is 9.89 Å². The van der Waals surface area contributed by atoms with E-state index in [1.54, 1.807) is 30.4 Å². The van der Waals surface area contributed by atoms with Crippen LogP contribution in [0.3, 0.4) is 0 Å². The molecule has 0 radical (unpaired) electrons. The number of nitrogens with one attached hydrogen (secondary N) is 1. The number of aromatic amines is 1. The number of amides is 1. The summed E-state index contributed by atoms with van der Waals surface area (Å²) in [5.74, 6) is 1.91. The van der Waals surface area contributed by atoms with Gasteiger partial charge in [-0.2, -0.15) is 10.1 Å². The highest BCUT2D eigenvalue weighted by molar-refractivity contribution is 5.97. The van der Waals surface area contributed by atoms with Gasteiger partial charge in [0, 0.05) is 24.9 Å². The van der Waals surface area contributed by atoms with Crippen molar-refractivity contribution in [3.05, 3.63) is 54.6 Å². The zero-order chi connectivity index (χ0) is 19.8. The second-order valence-electron chi connectivity index (χ2n) is 6.68. The van der Waals surface area contributed by atoms with Crippen molar-refractivity contribution in [2.45, 2.75) is 12.3 Å². The monoisotopic (exact) mass is 391 g/mol. The van der Waals surface area contributed by atoms with E-state index in [0.29, 0.717) is 47.6 Å². The number of anilines is 1. The highest BCUT2D eigenvalue weighted by Gasteiger charge is 2.35. The third kappa shape index (κ3) is 3.06. The quantitative estimate of drug-likeness (QED) is 0.556. The van der Waals surface area contributed by atoms with Crippen molar-refractivity contribution < 1.29 is 18.5 Å². The lowest BCUT2D eigenvalue weighted by molar-refractivity contribution is -0.117. The minimum atomic E-state index is -0.169. The van der Waals surface area contributed by atoms with Crippen LogP contribution >= 0.6 is 0 Å². The fraction of sp³-hybridized carbons (Fsp3) is 0.200. The second kappa shape index (κ2) is 6.93. The van der Waals surface area contributed by atoms with E-state index in [1.807, 2.05) is 30.3 Å². The molecule has 1 atom stereocenters. The van der Waals surface area contributed by atoms with Gasteiger partial charge in [-0.25, -0.2) is 0 Å². The van der Waals surface area contributed by atoms with Crippen LogP contribution in [0.2, 0.25) is 0 Å². The van der Waals surface area contributed by atoms with Crippen molar-refractivity contribution in [1.82, 2.24) is 20.3 Å². The van der Waals surface area contributed by atoms with E-state index in [1.165, 1.54) is 0 Å². The summed E-state index contributed by atoms with van der Waals surface area (Å²) in [5, 5.41) is 11.2. The fourth-order valence-corrected chi connectivity index (χ4v) is 3.46. The number of para-hydroxylation sites is 2. The number of methoxy groups -OCH3 is 1. The van der Waals surface area contributed by atoms with Gasteiger partial charge in [0.15, 0.2) is 11.6 Å². The van der Waals surface area contributed by atoms with Gasteiger partial charge in [-0.05, 0) is 24.3 Å². The molecule has 146 valence electrons. The smallest absolute Gasteiger partial charge is 0.275 e. The summed E-state index contributed by atoms with van der Waals surface area (Å²) in [6.45, 7) is 0.457. The predicted octanol–water partition coefficient (Wildman–Crippen LogP) is 3.25. The van der Waals surface area contributed by atoms with E-state index in [0.717, 1.165) is 5.69 Å². The van der Waals surface area contributed by atoms with Crippen LogP contribution in [0.25, 0.3) is 23.0 Å². The van der Waals surface area contributed by atoms with Crippen LogP contribution in [-0.2, 0) is 4.79 Å². The van der Waals surface area contributed by atoms with E-state index in [2.05, 4.69) is 20.3 Å². The first-order valence-electron chi connectivity index (χ1n) is 9.09. The molecule has 29 heavy (non-hydrogen) atoms. The van der Waals surface area contributed by atoms with Crippen molar-refractivity contribution >= 4 is 11.6 Å². The third-order valence-corrected chi connectivity index (χ3v) is 4.89. The van der Waals surface area contributed by atoms with E-state index in [4.69, 9.17) is 13.7 Å². The molecule has 3 aromatic heterocycles. The molecule has 1 amide bonds. The fourth-order valence-electron chi connectivity index (χ4n) is 3.46. The minimum Gasteiger partial charge on any atom is -0.495 e. The Kier molecular flexibility index (Phi) is 4.12. The number of carbonyl (C=O) groups is 1. The van der Waals surface area contributed by atoms with Crippen molar-refractivity contribution in [2.24, 2.45) is 0 Å². The Labute approximate surface area is 165 Å². The molecule has 0 bridgehead atoms. The molecule has 1 N–H and O–H groups in total. The molecule has 4 heterocycles. The summed E-state index contributed by atoms with van der Waals surface area (Å²) < 4.78 is 16.1. The molecule has 0 aliphatic carbocycles. The molecule has 1 aliphatic rings. The number of hydrogen-bond acceptors (Lipinski definition) is 7. The molecule has 9 nitrogen and oxygen atoms in total. The topological polar surface area (TPSA) is 110 Å². The molecule has 0 spiro atoms. The first-order valence-corrected chi connectivity index (χ1v) is 9.09. The number of hydrogen-bond donors (Lipinski definition) is 1. The van der Waals surface area contributed by atoms with Gasteiger partial charge in [0.2, 0.25) is 5.91 Å². The van der Waals surface area contributed by atoms with Crippen LogP contribution in [0.4, 0.5) is 5.69 Å². The van der Waals surface area contributed by atoms with Crippen LogP contribution in [0, 0.1) is 0 Å². The highest BCUT2D eigenvalue weighted by atomic mass is 16.5. The molecule has 0 saturated carbocycles. The third-order valence-electron chi connectivity index (χ3n) is 4.89. The van der Waals surface area contributed by atoms with E-state index in [-0.39, 0.29) is 11.8 Å². The molecule has 1 aromatic carbocycles. The molecule has 5 rings (SSSR count). The summed E-state index contributed by atoms with van der Waals surface area (Å²) in [7, 11) is 1.59. The van der Waals surface area contributed by atoms with Crippen LogP contribution < -0.4 is 9.64 Å². The van der Waals surface area contributed by atoms with Gasteiger partial charge < -0.3 is 18.6 Å². The zero-order valence-electron chi connectivity index (χ0n) is 15.5. The number of nitrogens with zero attached hydrogens (tertiary/aromatic N) is 4. The molecule has 1 unspecified atom stereocenters. The number of furan rings is 1. The molecule has 4 aromatic rings. The van der Waals surface area contributed by atoms with Crippen molar-refractivity contribution in [3.63, 3.8) is 0 Å². The molecule has 1 aliphatic heterocycles. The maximum atomic E-state index is 12.6. The van der Waals surface area contributed by atoms with E-state index in [9.17, 15) is 4.79 Å². The van der Waals surface area contributed by atoms with Crippen LogP contribution in [0.5, 0.6) is 5.75 Å². The summed E-state index contributed by atoms with van der Waals surface area (Å²) in [6, 6.07) is 12.8. The zero-order valence-corrected chi connectivity index (χ0v) is 15.5. The normalized spacial score (nSPS) is 16.5. The van der Waals surface area contributed by atoms with Crippen LogP contribution in [0.15, 0.2) is 57.7 Å². The van der Waals surface area contributed by atoms with Crippen molar-refractivity contribution in [2.75, 3.05) is 18.6 Å². The molecule has 9 heteroatoms. The van der Waals surface area contributed by atoms with Gasteiger partial charge in [0.25, 0.3) is 5.89 Å². The first kappa shape index (κ1) is 17.2. The second-order valence-corrected chi connectivity index (χ2v) is 6.68. The Hall–Kier alpha value is -3.88. The number of benzene rings is 1. The molecule has 1 fully saturated rings. The number of rotatable bonds is 5. The standard InChI is InChI=1S/C20H17N5O4/c1-27-17-6-3-2-5-15(17)25-11-12(9-18(25)26)19-21-20(29-24-19)14-10-13(22-23-14)16-7-4-8-28-16/h2-8,10,12H,9,11H2,1H3,(H,22,23). The number of H-pyrrole nitrogens is 1. The number of ether oxygens (including phenoxy) is 1. The van der Waals surface area contributed by atoms with E-state index >= 15 is 0 Å². The highest BCUT2D eigenvalue weighted by Crippen LogP contribution is 2.36. The van der Waals surface area contributed by atoms with Gasteiger partial charge >= 0.3 is 0 Å². The SMILES string of the molecule is COc1ccccc1N1CC(c2noc(-c3cc(-c4ccco4)n[nH]3)n2)CC1=O. The maximum absolute atomic E-state index is 12.6. The average Bonchev–Trinajstić information content (AvgIpc) is 3.53. The number of carbonyl (C=O) groups excluding carboxylic acids is 1. The van der Waals surface area contributed by atoms with Gasteiger partial charge in [0.1, 0.15) is 17.1 Å². The lowest BCUT2D eigenvalue weighted by atomic mass is 10.1. The Bertz CT molecular complexity index is 1150. The Morgan fingerprint density at radius 3 is 2.97 bits per heavy atom. The summed E-state index contributed by atoms with van der Waals surface area (Å²) in [4.78, 5) is 18.8. The summed E-state index contributed by atoms with van der Waals surface area (Å²) in [5.41, 5.74) is 1.96. The minimum absolute atomic E-state index is 0.00695. The average molecular weight is 391 g/mol. The Morgan fingerprint density at radius 2 is 2.14 bits per heavy atom.